The summed E-state index contributed by atoms with van der Waals surface area (Å²) < 4.78 is 5.51. The number of alkyl halides is 1. The summed E-state index contributed by atoms with van der Waals surface area (Å²) in [6.45, 7) is 3.16. The highest BCUT2D eigenvalue weighted by Crippen LogP contribution is 2.18. The van der Waals surface area contributed by atoms with Gasteiger partial charge in [-0.25, -0.2) is 0 Å². The van der Waals surface area contributed by atoms with Gasteiger partial charge in [-0.2, -0.15) is 11.8 Å². The molecule has 3 heteroatoms. The van der Waals surface area contributed by atoms with Crippen molar-refractivity contribution in [2.45, 2.75) is 25.9 Å². The van der Waals surface area contributed by atoms with Crippen molar-refractivity contribution in [2.75, 3.05) is 24.0 Å². The third kappa shape index (κ3) is 4.01. The average Bonchev–Trinajstić information content (AvgIpc) is 2.57. The van der Waals surface area contributed by atoms with Gasteiger partial charge in [-0.05, 0) is 24.5 Å². The van der Waals surface area contributed by atoms with Crippen molar-refractivity contribution in [1.82, 2.24) is 0 Å². The Hall–Kier alpha value is 0.600. The fraction of sp³-hybridized carbons (Fsp3) is 1.00. The lowest BCUT2D eigenvalue weighted by atomic mass is 10.3. The van der Waals surface area contributed by atoms with Gasteiger partial charge in [-0.3, -0.25) is 0 Å². The first-order valence-electron chi connectivity index (χ1n) is 4.58. The van der Waals surface area contributed by atoms with Gasteiger partial charge in [0.05, 0.1) is 6.10 Å². The fourth-order valence-electron chi connectivity index (χ4n) is 1.22. The van der Waals surface area contributed by atoms with Crippen LogP contribution in [0.2, 0.25) is 0 Å². The molecule has 1 fully saturated rings. The molecule has 0 saturated carbocycles. The lowest BCUT2D eigenvalue weighted by molar-refractivity contribution is 0.129. The summed E-state index contributed by atoms with van der Waals surface area (Å²) in [4.78, 5) is 0. The molecule has 0 amide bonds. The van der Waals surface area contributed by atoms with Crippen LogP contribution in [-0.2, 0) is 4.74 Å². The quantitative estimate of drug-likeness (QED) is 0.643. The molecule has 72 valence electrons. The predicted octanol–water partition coefficient (Wildman–Crippen LogP) is 2.77. The van der Waals surface area contributed by atoms with Crippen LogP contribution < -0.4 is 0 Å². The minimum Gasteiger partial charge on any atom is -0.377 e. The van der Waals surface area contributed by atoms with Gasteiger partial charge in [0.1, 0.15) is 0 Å². The molecule has 2 unspecified atom stereocenters. The molecule has 1 heterocycles. The van der Waals surface area contributed by atoms with Crippen molar-refractivity contribution in [1.29, 1.82) is 0 Å². The molecular weight excluding hydrogens is 192 g/mol. The first-order chi connectivity index (χ1) is 5.83. The normalized spacial score (nSPS) is 26.0. The van der Waals surface area contributed by atoms with Crippen LogP contribution in [0.1, 0.15) is 19.8 Å². The lowest BCUT2D eigenvalue weighted by Crippen LogP contribution is -2.10. The van der Waals surface area contributed by atoms with E-state index in [-0.39, 0.29) is 0 Å². The van der Waals surface area contributed by atoms with E-state index < -0.39 is 0 Å². The summed E-state index contributed by atoms with van der Waals surface area (Å²) in [5, 5.41) is 0. The zero-order chi connectivity index (χ0) is 8.81. The largest absolute Gasteiger partial charge is 0.377 e. The van der Waals surface area contributed by atoms with Gasteiger partial charge in [-0.1, -0.05) is 6.92 Å². The summed E-state index contributed by atoms with van der Waals surface area (Å²) in [6, 6.07) is 0. The van der Waals surface area contributed by atoms with Crippen molar-refractivity contribution in [3.05, 3.63) is 0 Å². The smallest absolute Gasteiger partial charge is 0.0666 e. The van der Waals surface area contributed by atoms with Crippen LogP contribution in [0.4, 0.5) is 0 Å². The molecule has 1 rings (SSSR count). The zero-order valence-corrected chi connectivity index (χ0v) is 9.16. The second-order valence-corrected chi connectivity index (χ2v) is 4.82. The van der Waals surface area contributed by atoms with Gasteiger partial charge < -0.3 is 4.74 Å². The van der Waals surface area contributed by atoms with Crippen molar-refractivity contribution >= 4 is 23.4 Å². The Labute approximate surface area is 84.2 Å². The number of thioether (sulfide) groups is 1. The first kappa shape index (κ1) is 10.7. The second-order valence-electron chi connectivity index (χ2n) is 3.43. The van der Waals surface area contributed by atoms with E-state index in [1.165, 1.54) is 18.6 Å². The van der Waals surface area contributed by atoms with Gasteiger partial charge in [-0.15, -0.1) is 11.6 Å². The Bertz CT molecular complexity index is 115. The van der Waals surface area contributed by atoms with E-state index in [0.717, 1.165) is 18.2 Å². The Balaban J connectivity index is 1.94. The van der Waals surface area contributed by atoms with E-state index in [1.807, 2.05) is 11.8 Å². The molecule has 2 atom stereocenters. The molecule has 1 aliphatic rings. The molecule has 0 radical (unpaired) electrons. The number of hydrogen-bond acceptors (Lipinski definition) is 2. The van der Waals surface area contributed by atoms with Gasteiger partial charge in [0.2, 0.25) is 0 Å². The molecule has 0 aliphatic carbocycles. The van der Waals surface area contributed by atoms with E-state index in [4.69, 9.17) is 16.3 Å². The fourth-order valence-corrected chi connectivity index (χ4v) is 2.64. The van der Waals surface area contributed by atoms with Crippen molar-refractivity contribution in [2.24, 2.45) is 5.92 Å². The highest BCUT2D eigenvalue weighted by Gasteiger charge is 2.15. The van der Waals surface area contributed by atoms with Crippen LogP contribution in [-0.4, -0.2) is 30.1 Å². The maximum atomic E-state index is 5.70. The number of hydrogen-bond donors (Lipinski definition) is 0. The topological polar surface area (TPSA) is 9.23 Å². The molecular formula is C9H17ClOS. The molecule has 0 bridgehead atoms. The maximum absolute atomic E-state index is 5.70. The number of halogens is 1. The molecule has 0 aromatic rings. The Kier molecular flexibility index (Phi) is 5.44. The minimum absolute atomic E-state index is 0.525. The van der Waals surface area contributed by atoms with E-state index in [2.05, 4.69) is 6.92 Å². The molecule has 0 spiro atoms. The highest BCUT2D eigenvalue weighted by molar-refractivity contribution is 7.99. The molecule has 1 nitrogen and oxygen atoms in total. The predicted molar refractivity (Wildman–Crippen MR) is 56.2 cm³/mol. The Morgan fingerprint density at radius 1 is 1.67 bits per heavy atom. The van der Waals surface area contributed by atoms with Gasteiger partial charge in [0.15, 0.2) is 0 Å². The third-order valence-electron chi connectivity index (χ3n) is 1.99. The van der Waals surface area contributed by atoms with Crippen molar-refractivity contribution < 1.29 is 4.74 Å². The monoisotopic (exact) mass is 208 g/mol. The number of ether oxygens (including phenoxy) is 1. The van der Waals surface area contributed by atoms with Crippen molar-refractivity contribution in [3.63, 3.8) is 0 Å². The molecule has 1 aliphatic heterocycles. The molecule has 0 N–H and O–H groups in total. The lowest BCUT2D eigenvalue weighted by Gasteiger charge is -2.10. The Morgan fingerprint density at radius 2 is 2.50 bits per heavy atom. The van der Waals surface area contributed by atoms with Crippen LogP contribution >= 0.6 is 23.4 Å². The van der Waals surface area contributed by atoms with Crippen LogP contribution in [0.25, 0.3) is 0 Å². The molecule has 12 heavy (non-hydrogen) atoms. The Morgan fingerprint density at radius 3 is 3.08 bits per heavy atom. The molecule has 1 saturated heterocycles. The highest BCUT2D eigenvalue weighted by atomic mass is 35.5. The molecule has 0 aromatic heterocycles. The van der Waals surface area contributed by atoms with E-state index in [1.54, 1.807) is 0 Å². The van der Waals surface area contributed by atoms with Gasteiger partial charge >= 0.3 is 0 Å². The second kappa shape index (κ2) is 6.11. The van der Waals surface area contributed by atoms with Crippen molar-refractivity contribution in [3.8, 4) is 0 Å². The van der Waals surface area contributed by atoms with Crippen LogP contribution in [0.15, 0.2) is 0 Å². The van der Waals surface area contributed by atoms with E-state index in [9.17, 15) is 0 Å². The summed E-state index contributed by atoms with van der Waals surface area (Å²) in [5.41, 5.74) is 0. The summed E-state index contributed by atoms with van der Waals surface area (Å²) in [7, 11) is 0. The standard InChI is InChI=1S/C9H17ClOS/c1-8(5-10)6-12-7-9-3-2-4-11-9/h8-9H,2-7H2,1H3. The van der Waals surface area contributed by atoms with Gasteiger partial charge in [0, 0.05) is 18.2 Å². The van der Waals surface area contributed by atoms with Gasteiger partial charge in [0.25, 0.3) is 0 Å². The van der Waals surface area contributed by atoms with Crippen LogP contribution in [0.3, 0.4) is 0 Å². The number of rotatable bonds is 5. The third-order valence-corrected chi connectivity index (χ3v) is 3.93. The maximum Gasteiger partial charge on any atom is 0.0666 e. The zero-order valence-electron chi connectivity index (χ0n) is 7.59. The van der Waals surface area contributed by atoms with E-state index >= 15 is 0 Å². The minimum atomic E-state index is 0.525. The van der Waals surface area contributed by atoms with Crippen LogP contribution in [0, 0.1) is 5.92 Å². The first-order valence-corrected chi connectivity index (χ1v) is 6.27. The van der Waals surface area contributed by atoms with E-state index in [0.29, 0.717) is 12.0 Å². The summed E-state index contributed by atoms with van der Waals surface area (Å²) in [5.74, 6) is 3.74. The summed E-state index contributed by atoms with van der Waals surface area (Å²) in [6.07, 6.45) is 3.02. The molecule has 0 aromatic carbocycles. The SMILES string of the molecule is CC(CCl)CSCC1CCCO1. The summed E-state index contributed by atoms with van der Waals surface area (Å²) >= 11 is 7.68. The average molecular weight is 209 g/mol. The van der Waals surface area contributed by atoms with Crippen LogP contribution in [0.5, 0.6) is 0 Å².